The lowest BCUT2D eigenvalue weighted by Crippen LogP contribution is -2.12. The van der Waals surface area contributed by atoms with Crippen LogP contribution in [0, 0.1) is 0 Å². The van der Waals surface area contributed by atoms with Crippen LogP contribution in [0.4, 0.5) is 5.69 Å². The highest BCUT2D eigenvalue weighted by molar-refractivity contribution is 6.33. The Morgan fingerprint density at radius 1 is 1.06 bits per heavy atom. The maximum Gasteiger partial charge on any atom is 0.249 e. The Bertz CT molecular complexity index is 581. The average Bonchev–Trinajstić information content (AvgIpc) is 2.32. The van der Waals surface area contributed by atoms with E-state index in [0.717, 1.165) is 0 Å². The van der Waals surface area contributed by atoms with Crippen molar-refractivity contribution in [3.8, 4) is 11.1 Å². The van der Waals surface area contributed by atoms with Crippen molar-refractivity contribution >= 4 is 23.2 Å². The van der Waals surface area contributed by atoms with Crippen LogP contribution in [0.25, 0.3) is 11.1 Å². The third-order valence-electron chi connectivity index (χ3n) is 2.47. The molecule has 0 atom stereocenters. The first kappa shape index (κ1) is 11.5. The molecule has 0 saturated carbocycles. The van der Waals surface area contributed by atoms with Crippen LogP contribution < -0.4 is 11.5 Å². The molecule has 1 amide bonds. The Hall–Kier alpha value is -2.00. The van der Waals surface area contributed by atoms with Crippen LogP contribution in [0.5, 0.6) is 0 Å². The van der Waals surface area contributed by atoms with Gasteiger partial charge >= 0.3 is 0 Å². The number of amides is 1. The third kappa shape index (κ3) is 2.24. The summed E-state index contributed by atoms with van der Waals surface area (Å²) in [5, 5.41) is 0.535. The molecule has 3 nitrogen and oxygen atoms in total. The van der Waals surface area contributed by atoms with Crippen molar-refractivity contribution in [3.63, 3.8) is 0 Å². The smallest absolute Gasteiger partial charge is 0.249 e. The Morgan fingerprint density at radius 2 is 1.76 bits per heavy atom. The number of carbonyl (C=O) groups is 1. The van der Waals surface area contributed by atoms with E-state index in [-0.39, 0.29) is 0 Å². The molecule has 86 valence electrons. The van der Waals surface area contributed by atoms with Crippen LogP contribution >= 0.6 is 11.6 Å². The number of nitrogens with two attached hydrogens (primary N) is 2. The number of hydrogen-bond acceptors (Lipinski definition) is 2. The van der Waals surface area contributed by atoms with Crippen LogP contribution in [0.1, 0.15) is 10.4 Å². The van der Waals surface area contributed by atoms with Gasteiger partial charge in [-0.1, -0.05) is 29.8 Å². The van der Waals surface area contributed by atoms with Crippen LogP contribution in [-0.2, 0) is 0 Å². The highest BCUT2D eigenvalue weighted by Crippen LogP contribution is 2.31. The number of carbonyl (C=O) groups excluding carboxylic acids is 1. The second-order valence-corrected chi connectivity index (χ2v) is 4.06. The molecule has 0 bridgehead atoms. The van der Waals surface area contributed by atoms with Gasteiger partial charge in [-0.15, -0.1) is 0 Å². The predicted octanol–water partition coefficient (Wildman–Crippen LogP) is 2.69. The van der Waals surface area contributed by atoms with Crippen LogP contribution in [0.15, 0.2) is 42.5 Å². The maximum atomic E-state index is 11.3. The molecule has 0 spiro atoms. The van der Waals surface area contributed by atoms with Gasteiger partial charge in [0, 0.05) is 21.8 Å². The molecule has 17 heavy (non-hydrogen) atoms. The van der Waals surface area contributed by atoms with Crippen molar-refractivity contribution < 1.29 is 4.79 Å². The van der Waals surface area contributed by atoms with E-state index in [2.05, 4.69) is 0 Å². The van der Waals surface area contributed by atoms with Gasteiger partial charge in [-0.05, 0) is 29.8 Å². The normalized spacial score (nSPS) is 10.2. The lowest BCUT2D eigenvalue weighted by atomic mass is 9.99. The molecule has 0 heterocycles. The van der Waals surface area contributed by atoms with Crippen molar-refractivity contribution in [1.82, 2.24) is 0 Å². The topological polar surface area (TPSA) is 69.1 Å². The highest BCUT2D eigenvalue weighted by Gasteiger charge is 2.11. The summed E-state index contributed by atoms with van der Waals surface area (Å²) in [7, 11) is 0. The molecule has 0 aromatic heterocycles. The minimum atomic E-state index is -0.487. The second-order valence-electron chi connectivity index (χ2n) is 3.65. The zero-order valence-electron chi connectivity index (χ0n) is 8.98. The maximum absolute atomic E-state index is 11.3. The Kier molecular flexibility index (Phi) is 3.02. The van der Waals surface area contributed by atoms with Gasteiger partial charge in [0.15, 0.2) is 0 Å². The Morgan fingerprint density at radius 3 is 2.47 bits per heavy atom. The van der Waals surface area contributed by atoms with Gasteiger partial charge in [-0.25, -0.2) is 0 Å². The van der Waals surface area contributed by atoms with E-state index in [1.807, 2.05) is 6.07 Å². The Labute approximate surface area is 104 Å². The molecule has 0 aliphatic heterocycles. The summed E-state index contributed by atoms with van der Waals surface area (Å²) in [5.74, 6) is -0.487. The molecule has 0 fully saturated rings. The second kappa shape index (κ2) is 4.47. The van der Waals surface area contributed by atoms with Crippen molar-refractivity contribution in [2.45, 2.75) is 0 Å². The molecule has 2 rings (SSSR count). The van der Waals surface area contributed by atoms with Crippen LogP contribution in [0.3, 0.4) is 0 Å². The Balaban J connectivity index is 2.68. The van der Waals surface area contributed by atoms with Crippen LogP contribution in [-0.4, -0.2) is 5.91 Å². The van der Waals surface area contributed by atoms with Gasteiger partial charge < -0.3 is 11.5 Å². The first-order chi connectivity index (χ1) is 8.09. The summed E-state index contributed by atoms with van der Waals surface area (Å²) in [4.78, 5) is 11.3. The van der Waals surface area contributed by atoms with Gasteiger partial charge in [0.1, 0.15) is 0 Å². The first-order valence-corrected chi connectivity index (χ1v) is 5.41. The summed E-state index contributed by atoms with van der Waals surface area (Å²) >= 11 is 6.10. The standard InChI is InChI=1S/C13H11ClN2O/c14-12-6-5-8(15)7-11(12)9-3-1-2-4-10(9)13(16)17/h1-7H,15H2,(H2,16,17). The summed E-state index contributed by atoms with van der Waals surface area (Å²) in [5.41, 5.74) is 13.5. The van der Waals surface area contributed by atoms with Crippen molar-refractivity contribution in [1.29, 1.82) is 0 Å². The monoisotopic (exact) mass is 246 g/mol. The third-order valence-corrected chi connectivity index (χ3v) is 2.80. The minimum Gasteiger partial charge on any atom is -0.399 e. The number of hydrogen-bond donors (Lipinski definition) is 2. The fourth-order valence-corrected chi connectivity index (χ4v) is 1.90. The van der Waals surface area contributed by atoms with Crippen molar-refractivity contribution in [3.05, 3.63) is 53.1 Å². The lowest BCUT2D eigenvalue weighted by molar-refractivity contribution is 0.100. The molecule has 2 aromatic carbocycles. The number of nitrogen functional groups attached to an aromatic ring is 1. The van der Waals surface area contributed by atoms with E-state index in [9.17, 15) is 4.79 Å². The van der Waals surface area contributed by atoms with Gasteiger partial charge in [0.2, 0.25) is 5.91 Å². The van der Waals surface area contributed by atoms with Gasteiger partial charge in [0.05, 0.1) is 0 Å². The highest BCUT2D eigenvalue weighted by atomic mass is 35.5. The predicted molar refractivity (Wildman–Crippen MR) is 69.8 cm³/mol. The van der Waals surface area contributed by atoms with E-state index in [1.165, 1.54) is 0 Å². The SMILES string of the molecule is NC(=O)c1ccccc1-c1cc(N)ccc1Cl. The number of benzene rings is 2. The lowest BCUT2D eigenvalue weighted by Gasteiger charge is -2.09. The quantitative estimate of drug-likeness (QED) is 0.800. The summed E-state index contributed by atoms with van der Waals surface area (Å²) < 4.78 is 0. The van der Waals surface area contributed by atoms with E-state index in [4.69, 9.17) is 23.1 Å². The minimum absolute atomic E-state index is 0.431. The molecule has 4 heteroatoms. The molecule has 0 saturated heterocycles. The molecule has 2 aromatic rings. The summed E-state index contributed by atoms with van der Waals surface area (Å²) in [6, 6.07) is 12.2. The zero-order chi connectivity index (χ0) is 12.4. The number of anilines is 1. The summed E-state index contributed by atoms with van der Waals surface area (Å²) in [6.07, 6.45) is 0. The molecule has 4 N–H and O–H groups in total. The van der Waals surface area contributed by atoms with Gasteiger partial charge in [-0.2, -0.15) is 0 Å². The summed E-state index contributed by atoms with van der Waals surface area (Å²) in [6.45, 7) is 0. The first-order valence-electron chi connectivity index (χ1n) is 5.04. The zero-order valence-corrected chi connectivity index (χ0v) is 9.74. The molecular weight excluding hydrogens is 236 g/mol. The number of primary amides is 1. The molecule has 0 radical (unpaired) electrons. The fraction of sp³-hybridized carbons (Fsp3) is 0. The van der Waals surface area contributed by atoms with E-state index in [1.54, 1.807) is 36.4 Å². The largest absolute Gasteiger partial charge is 0.399 e. The fourth-order valence-electron chi connectivity index (χ4n) is 1.68. The van der Waals surface area contributed by atoms with Crippen LogP contribution in [0.2, 0.25) is 5.02 Å². The molecule has 0 aliphatic carbocycles. The molecule has 0 aliphatic rings. The average molecular weight is 247 g/mol. The number of rotatable bonds is 2. The van der Waals surface area contributed by atoms with E-state index in [0.29, 0.717) is 27.4 Å². The molecule has 0 unspecified atom stereocenters. The number of halogens is 1. The van der Waals surface area contributed by atoms with Gasteiger partial charge in [-0.3, -0.25) is 4.79 Å². The van der Waals surface area contributed by atoms with Crippen molar-refractivity contribution in [2.24, 2.45) is 5.73 Å². The van der Waals surface area contributed by atoms with E-state index >= 15 is 0 Å². The van der Waals surface area contributed by atoms with Gasteiger partial charge in [0.25, 0.3) is 0 Å². The molecular formula is C13H11ClN2O. The van der Waals surface area contributed by atoms with E-state index < -0.39 is 5.91 Å². The van der Waals surface area contributed by atoms with Crippen molar-refractivity contribution in [2.75, 3.05) is 5.73 Å².